The molecular formula is C21H29NO4. The van der Waals surface area contributed by atoms with Gasteiger partial charge in [-0.05, 0) is 59.6 Å². The maximum absolute atomic E-state index is 12.9. The van der Waals surface area contributed by atoms with Crippen molar-refractivity contribution in [2.45, 2.75) is 71.4 Å². The van der Waals surface area contributed by atoms with Gasteiger partial charge in [0.25, 0.3) is 0 Å². The maximum atomic E-state index is 12.9. The monoisotopic (exact) mass is 359 g/mol. The third-order valence-electron chi connectivity index (χ3n) is 4.11. The van der Waals surface area contributed by atoms with Gasteiger partial charge in [-0.2, -0.15) is 0 Å². The number of ether oxygens (including phenoxy) is 2. The Hall–Kier alpha value is -2.14. The van der Waals surface area contributed by atoms with Crippen LogP contribution in [0.25, 0.3) is 0 Å². The predicted octanol–water partition coefficient (Wildman–Crippen LogP) is 4.11. The lowest BCUT2D eigenvalue weighted by Crippen LogP contribution is -2.50. The average Bonchev–Trinajstić information content (AvgIpc) is 2.74. The second kappa shape index (κ2) is 7.62. The Balaban J connectivity index is 2.36. The van der Waals surface area contributed by atoms with Gasteiger partial charge in [0.15, 0.2) is 5.78 Å². The molecule has 1 heterocycles. The Morgan fingerprint density at radius 3 is 2.38 bits per heavy atom. The molecule has 0 aromatic heterocycles. The fourth-order valence-corrected chi connectivity index (χ4v) is 3.14. The van der Waals surface area contributed by atoms with Gasteiger partial charge in [0, 0.05) is 0 Å². The second-order valence-corrected chi connectivity index (χ2v) is 8.11. The van der Waals surface area contributed by atoms with Crippen molar-refractivity contribution in [1.29, 1.82) is 0 Å². The maximum Gasteiger partial charge on any atom is 0.412 e. The van der Waals surface area contributed by atoms with Crippen LogP contribution in [0.3, 0.4) is 0 Å². The number of benzene rings is 1. The Labute approximate surface area is 156 Å². The summed E-state index contributed by atoms with van der Waals surface area (Å²) >= 11 is 0. The van der Waals surface area contributed by atoms with E-state index in [1.807, 2.05) is 65.0 Å². The molecular weight excluding hydrogens is 330 g/mol. The van der Waals surface area contributed by atoms with E-state index < -0.39 is 17.4 Å². The van der Waals surface area contributed by atoms with Gasteiger partial charge in [0.2, 0.25) is 0 Å². The summed E-state index contributed by atoms with van der Waals surface area (Å²) < 4.78 is 11.7. The highest BCUT2D eigenvalue weighted by atomic mass is 16.6. The molecule has 1 amide bonds. The zero-order valence-corrected chi connectivity index (χ0v) is 16.5. The summed E-state index contributed by atoms with van der Waals surface area (Å²) in [6.45, 7) is 10.7. The second-order valence-electron chi connectivity index (χ2n) is 8.11. The number of ketones is 1. The Kier molecular flexibility index (Phi) is 5.91. The lowest BCUT2D eigenvalue weighted by Gasteiger charge is -2.35. The summed E-state index contributed by atoms with van der Waals surface area (Å²) in [5, 5.41) is 0. The van der Waals surface area contributed by atoms with Crippen LogP contribution >= 0.6 is 0 Å². The highest BCUT2D eigenvalue weighted by Gasteiger charge is 2.50. The van der Waals surface area contributed by atoms with Crippen LogP contribution < -0.4 is 0 Å². The fraction of sp³-hybridized carbons (Fsp3) is 0.524. The van der Waals surface area contributed by atoms with Crippen molar-refractivity contribution in [3.8, 4) is 0 Å². The first-order valence-electron chi connectivity index (χ1n) is 8.92. The molecule has 5 heteroatoms. The zero-order chi connectivity index (χ0) is 19.5. The molecule has 0 spiro atoms. The lowest BCUT2D eigenvalue weighted by atomic mass is 9.99. The van der Waals surface area contributed by atoms with Crippen LogP contribution in [0.1, 0.15) is 47.1 Å². The number of allylic oxidation sites excluding steroid dienone is 1. The summed E-state index contributed by atoms with van der Waals surface area (Å²) in [6.07, 6.45) is 3.04. The molecule has 0 N–H and O–H groups in total. The van der Waals surface area contributed by atoms with Crippen molar-refractivity contribution in [3.05, 3.63) is 48.0 Å². The smallest absolute Gasteiger partial charge is 0.412 e. The quantitative estimate of drug-likeness (QED) is 0.759. The molecule has 1 aliphatic rings. The zero-order valence-electron chi connectivity index (χ0n) is 16.5. The van der Waals surface area contributed by atoms with E-state index in [1.165, 1.54) is 13.0 Å². The highest BCUT2D eigenvalue weighted by molar-refractivity contribution is 5.87. The van der Waals surface area contributed by atoms with Crippen molar-refractivity contribution in [2.75, 3.05) is 0 Å². The topological polar surface area (TPSA) is 55.8 Å². The van der Waals surface area contributed by atoms with Crippen LogP contribution in [-0.2, 0) is 20.7 Å². The number of amides is 1. The van der Waals surface area contributed by atoms with E-state index in [9.17, 15) is 9.59 Å². The van der Waals surface area contributed by atoms with Crippen LogP contribution in [0.5, 0.6) is 0 Å². The van der Waals surface area contributed by atoms with Gasteiger partial charge < -0.3 is 9.47 Å². The van der Waals surface area contributed by atoms with E-state index in [-0.39, 0.29) is 17.9 Å². The summed E-state index contributed by atoms with van der Waals surface area (Å²) in [5.41, 5.74) is -0.348. The molecule has 2 rings (SSSR count). The van der Waals surface area contributed by atoms with Crippen LogP contribution in [0, 0.1) is 0 Å². The lowest BCUT2D eigenvalue weighted by molar-refractivity contribution is -0.112. The van der Waals surface area contributed by atoms with Gasteiger partial charge in [0.05, 0.1) is 12.1 Å². The first kappa shape index (κ1) is 20.2. The minimum absolute atomic E-state index is 0.0550. The van der Waals surface area contributed by atoms with Gasteiger partial charge in [-0.1, -0.05) is 36.4 Å². The third kappa shape index (κ3) is 5.18. The molecule has 0 radical (unpaired) electrons. The van der Waals surface area contributed by atoms with Crippen LogP contribution in [0.15, 0.2) is 42.5 Å². The van der Waals surface area contributed by atoms with Crippen molar-refractivity contribution >= 4 is 11.9 Å². The van der Waals surface area contributed by atoms with E-state index in [0.29, 0.717) is 6.42 Å². The van der Waals surface area contributed by atoms with Crippen LogP contribution in [-0.4, -0.2) is 40.2 Å². The van der Waals surface area contributed by atoms with Gasteiger partial charge >= 0.3 is 6.09 Å². The van der Waals surface area contributed by atoms with E-state index in [4.69, 9.17) is 9.47 Å². The van der Waals surface area contributed by atoms with Crippen molar-refractivity contribution < 1.29 is 19.1 Å². The summed E-state index contributed by atoms with van der Waals surface area (Å²) in [4.78, 5) is 25.9. The average molecular weight is 359 g/mol. The summed E-state index contributed by atoms with van der Waals surface area (Å²) in [5.74, 6) is -0.0550. The van der Waals surface area contributed by atoms with Crippen molar-refractivity contribution in [2.24, 2.45) is 0 Å². The molecule has 0 aliphatic carbocycles. The van der Waals surface area contributed by atoms with E-state index >= 15 is 0 Å². The number of hydrogen-bond acceptors (Lipinski definition) is 4. The molecule has 0 bridgehead atoms. The van der Waals surface area contributed by atoms with Gasteiger partial charge in [-0.15, -0.1) is 0 Å². The Morgan fingerprint density at radius 2 is 1.85 bits per heavy atom. The molecule has 0 unspecified atom stereocenters. The molecule has 26 heavy (non-hydrogen) atoms. The van der Waals surface area contributed by atoms with E-state index in [2.05, 4.69) is 0 Å². The van der Waals surface area contributed by atoms with Gasteiger partial charge in [-0.3, -0.25) is 9.69 Å². The summed E-state index contributed by atoms with van der Waals surface area (Å²) in [7, 11) is 0. The highest BCUT2D eigenvalue weighted by Crippen LogP contribution is 2.36. The number of carbonyl (C=O) groups excluding carboxylic acids is 2. The molecule has 1 fully saturated rings. The van der Waals surface area contributed by atoms with Gasteiger partial charge in [-0.25, -0.2) is 4.79 Å². The fourth-order valence-electron chi connectivity index (χ4n) is 3.14. The SMILES string of the molecule is CC(=O)/C=C\[C@H]1OC(C)(C)N(C(=O)OC(C)(C)C)[C@H]1Cc1ccccc1. The summed E-state index contributed by atoms with van der Waals surface area (Å²) in [6, 6.07) is 9.66. The molecule has 0 saturated carbocycles. The van der Waals surface area contributed by atoms with E-state index in [1.54, 1.807) is 11.0 Å². The van der Waals surface area contributed by atoms with Crippen molar-refractivity contribution in [1.82, 2.24) is 4.90 Å². The standard InChI is InChI=1S/C21H29NO4/c1-15(23)12-13-18-17(14-16-10-8-7-9-11-16)22(21(5,6)25-18)19(24)26-20(2,3)4/h7-13,17-18H,14H2,1-6H3/b13-12-/t17-,18+/m0/s1. The number of rotatable bonds is 4. The molecule has 2 atom stereocenters. The van der Waals surface area contributed by atoms with Crippen molar-refractivity contribution in [3.63, 3.8) is 0 Å². The number of nitrogens with zero attached hydrogens (tertiary/aromatic N) is 1. The molecule has 142 valence electrons. The Bertz CT molecular complexity index is 673. The van der Waals surface area contributed by atoms with E-state index in [0.717, 1.165) is 5.56 Å². The van der Waals surface area contributed by atoms with Crippen LogP contribution in [0.4, 0.5) is 4.79 Å². The van der Waals surface area contributed by atoms with Crippen LogP contribution in [0.2, 0.25) is 0 Å². The number of carbonyl (C=O) groups is 2. The first-order valence-corrected chi connectivity index (χ1v) is 8.92. The molecule has 5 nitrogen and oxygen atoms in total. The minimum Gasteiger partial charge on any atom is -0.444 e. The first-order chi connectivity index (χ1) is 12.0. The predicted molar refractivity (Wildman–Crippen MR) is 101 cm³/mol. The molecule has 1 aromatic rings. The molecule has 1 aliphatic heterocycles. The molecule has 1 saturated heterocycles. The Morgan fingerprint density at radius 1 is 1.23 bits per heavy atom. The minimum atomic E-state index is -0.840. The van der Waals surface area contributed by atoms with Gasteiger partial charge in [0.1, 0.15) is 11.3 Å². The third-order valence-corrected chi connectivity index (χ3v) is 4.11. The molecule has 1 aromatic carbocycles. The number of hydrogen-bond donors (Lipinski definition) is 0. The normalized spacial score (nSPS) is 22.6. The largest absolute Gasteiger partial charge is 0.444 e.